The van der Waals surface area contributed by atoms with Crippen molar-refractivity contribution in [2.75, 3.05) is 6.54 Å². The molecule has 3 heteroatoms. The van der Waals surface area contributed by atoms with Crippen LogP contribution in [-0.4, -0.2) is 17.6 Å². The van der Waals surface area contributed by atoms with Gasteiger partial charge in [-0.25, -0.2) is 4.98 Å². The molecule has 1 saturated carbocycles. The number of thiazole rings is 1. The van der Waals surface area contributed by atoms with E-state index >= 15 is 0 Å². The minimum Gasteiger partial charge on any atom is -0.314 e. The smallest absolute Gasteiger partial charge is 0.0943 e. The average molecular weight is 222 g/mol. The highest BCUT2D eigenvalue weighted by molar-refractivity contribution is 7.11. The van der Waals surface area contributed by atoms with E-state index in [1.807, 2.05) is 11.3 Å². The summed E-state index contributed by atoms with van der Waals surface area (Å²) in [6.07, 6.45) is 10.1. The molecule has 1 N–H and O–H groups in total. The third kappa shape index (κ3) is 2.40. The summed E-state index contributed by atoms with van der Waals surface area (Å²) in [6.45, 7) is 1.20. The molecular formula is C12H18N2S. The molecular weight excluding hydrogens is 204 g/mol. The van der Waals surface area contributed by atoms with Crippen molar-refractivity contribution < 1.29 is 0 Å². The van der Waals surface area contributed by atoms with E-state index in [1.54, 1.807) is 0 Å². The summed E-state index contributed by atoms with van der Waals surface area (Å²) in [6, 6.07) is 0.692. The zero-order valence-electron chi connectivity index (χ0n) is 9.04. The van der Waals surface area contributed by atoms with Crippen LogP contribution in [-0.2, 0) is 6.42 Å². The minimum atomic E-state index is 0.692. The highest BCUT2D eigenvalue weighted by Crippen LogP contribution is 2.42. The number of aromatic nitrogens is 1. The summed E-state index contributed by atoms with van der Waals surface area (Å²) in [5, 5.41) is 4.93. The van der Waals surface area contributed by atoms with Crippen molar-refractivity contribution >= 4 is 11.3 Å². The molecule has 1 unspecified atom stereocenters. The van der Waals surface area contributed by atoms with Gasteiger partial charge in [0.15, 0.2) is 0 Å². The first-order chi connectivity index (χ1) is 7.42. The van der Waals surface area contributed by atoms with E-state index < -0.39 is 0 Å². The van der Waals surface area contributed by atoms with Gasteiger partial charge >= 0.3 is 0 Å². The molecule has 0 radical (unpaired) electrons. The highest BCUT2D eigenvalue weighted by Gasteiger charge is 2.26. The lowest BCUT2D eigenvalue weighted by Crippen LogP contribution is -2.35. The van der Waals surface area contributed by atoms with Crippen molar-refractivity contribution in [2.24, 2.45) is 0 Å². The monoisotopic (exact) mass is 222 g/mol. The van der Waals surface area contributed by atoms with Crippen molar-refractivity contribution in [3.63, 3.8) is 0 Å². The van der Waals surface area contributed by atoms with Gasteiger partial charge in [0.25, 0.3) is 0 Å². The molecule has 2 fully saturated rings. The number of piperidine rings is 1. The molecule has 82 valence electrons. The van der Waals surface area contributed by atoms with Crippen molar-refractivity contribution in [3.8, 4) is 0 Å². The van der Waals surface area contributed by atoms with Crippen LogP contribution in [0, 0.1) is 0 Å². The fourth-order valence-electron chi connectivity index (χ4n) is 2.28. The number of nitrogens with one attached hydrogen (secondary N) is 1. The second-order valence-corrected chi connectivity index (χ2v) is 5.93. The summed E-state index contributed by atoms with van der Waals surface area (Å²) in [5.74, 6) is 0.871. The van der Waals surface area contributed by atoms with E-state index in [-0.39, 0.29) is 0 Å². The van der Waals surface area contributed by atoms with Gasteiger partial charge in [0.2, 0.25) is 0 Å². The first kappa shape index (κ1) is 9.79. The molecule has 1 saturated heterocycles. The van der Waals surface area contributed by atoms with Gasteiger partial charge in [0.1, 0.15) is 0 Å². The predicted octanol–water partition coefficient (Wildman–Crippen LogP) is 2.71. The number of hydrogen-bond donors (Lipinski definition) is 1. The summed E-state index contributed by atoms with van der Waals surface area (Å²) in [5.41, 5.74) is 0. The van der Waals surface area contributed by atoms with E-state index in [0.717, 1.165) is 12.3 Å². The Labute approximate surface area is 95.1 Å². The Morgan fingerprint density at radius 3 is 3.00 bits per heavy atom. The van der Waals surface area contributed by atoms with Gasteiger partial charge in [-0.3, -0.25) is 0 Å². The molecule has 1 aliphatic heterocycles. The van der Waals surface area contributed by atoms with Crippen LogP contribution in [0.3, 0.4) is 0 Å². The zero-order chi connectivity index (χ0) is 10.1. The fourth-order valence-corrected chi connectivity index (χ4v) is 3.45. The van der Waals surface area contributed by atoms with Crippen molar-refractivity contribution in [2.45, 2.75) is 50.5 Å². The van der Waals surface area contributed by atoms with E-state index in [9.17, 15) is 0 Å². The van der Waals surface area contributed by atoms with Gasteiger partial charge in [-0.15, -0.1) is 11.3 Å². The van der Waals surface area contributed by atoms with E-state index in [1.165, 1.54) is 48.5 Å². The first-order valence-electron chi connectivity index (χ1n) is 6.10. The van der Waals surface area contributed by atoms with Gasteiger partial charge in [0.05, 0.1) is 5.01 Å². The van der Waals surface area contributed by atoms with Crippen molar-refractivity contribution in [1.82, 2.24) is 10.3 Å². The Kier molecular flexibility index (Phi) is 2.76. The van der Waals surface area contributed by atoms with E-state index in [0.29, 0.717) is 6.04 Å². The largest absolute Gasteiger partial charge is 0.314 e. The van der Waals surface area contributed by atoms with Crippen LogP contribution in [0.25, 0.3) is 0 Å². The predicted molar refractivity (Wildman–Crippen MR) is 63.4 cm³/mol. The maximum absolute atomic E-state index is 4.55. The van der Waals surface area contributed by atoms with Crippen LogP contribution in [0.5, 0.6) is 0 Å². The SMILES string of the molecule is c1nc(CC2CCCCN2)sc1C1CC1. The Morgan fingerprint density at radius 2 is 2.27 bits per heavy atom. The van der Waals surface area contributed by atoms with Crippen molar-refractivity contribution in [1.29, 1.82) is 0 Å². The highest BCUT2D eigenvalue weighted by atomic mass is 32.1. The standard InChI is InChI=1S/C12H18N2S/c1-2-6-13-10(3-1)7-12-14-8-11(15-12)9-4-5-9/h8-10,13H,1-7H2. The van der Waals surface area contributed by atoms with Gasteiger partial charge in [-0.1, -0.05) is 6.42 Å². The molecule has 2 heterocycles. The zero-order valence-corrected chi connectivity index (χ0v) is 9.85. The third-order valence-electron chi connectivity index (χ3n) is 3.38. The Morgan fingerprint density at radius 1 is 1.33 bits per heavy atom. The number of hydrogen-bond acceptors (Lipinski definition) is 3. The molecule has 3 rings (SSSR count). The maximum Gasteiger partial charge on any atom is 0.0943 e. The molecule has 1 atom stereocenters. The molecule has 0 spiro atoms. The van der Waals surface area contributed by atoms with Crippen LogP contribution in [0.15, 0.2) is 6.20 Å². The molecule has 0 amide bonds. The van der Waals surface area contributed by atoms with Crippen LogP contribution in [0.1, 0.15) is 47.9 Å². The van der Waals surface area contributed by atoms with Gasteiger partial charge in [-0.05, 0) is 38.1 Å². The van der Waals surface area contributed by atoms with Crippen LogP contribution >= 0.6 is 11.3 Å². The maximum atomic E-state index is 4.55. The Balaban J connectivity index is 1.60. The Bertz CT molecular complexity index is 324. The summed E-state index contributed by atoms with van der Waals surface area (Å²) in [7, 11) is 0. The second kappa shape index (κ2) is 4.22. The van der Waals surface area contributed by atoms with Crippen LogP contribution < -0.4 is 5.32 Å². The fraction of sp³-hybridized carbons (Fsp3) is 0.750. The molecule has 15 heavy (non-hydrogen) atoms. The molecule has 1 aromatic heterocycles. The van der Waals surface area contributed by atoms with Gasteiger partial charge < -0.3 is 5.32 Å². The summed E-state index contributed by atoms with van der Waals surface area (Å²) >= 11 is 1.95. The summed E-state index contributed by atoms with van der Waals surface area (Å²) in [4.78, 5) is 6.08. The van der Waals surface area contributed by atoms with Crippen LogP contribution in [0.2, 0.25) is 0 Å². The van der Waals surface area contributed by atoms with Gasteiger partial charge in [-0.2, -0.15) is 0 Å². The van der Waals surface area contributed by atoms with Gasteiger partial charge in [0, 0.05) is 23.5 Å². The quantitative estimate of drug-likeness (QED) is 0.850. The van der Waals surface area contributed by atoms with E-state index in [2.05, 4.69) is 16.5 Å². The first-order valence-corrected chi connectivity index (χ1v) is 6.91. The van der Waals surface area contributed by atoms with Crippen LogP contribution in [0.4, 0.5) is 0 Å². The molecule has 1 aliphatic carbocycles. The lowest BCUT2D eigenvalue weighted by Gasteiger charge is -2.22. The lowest BCUT2D eigenvalue weighted by molar-refractivity contribution is 0.399. The van der Waals surface area contributed by atoms with Crippen molar-refractivity contribution in [3.05, 3.63) is 16.1 Å². The van der Waals surface area contributed by atoms with E-state index in [4.69, 9.17) is 0 Å². The molecule has 2 nitrogen and oxygen atoms in total. The number of nitrogens with zero attached hydrogens (tertiary/aromatic N) is 1. The Hall–Kier alpha value is -0.410. The number of rotatable bonds is 3. The normalized spacial score (nSPS) is 26.8. The third-order valence-corrected chi connectivity index (χ3v) is 4.57. The molecule has 0 aromatic carbocycles. The lowest BCUT2D eigenvalue weighted by atomic mass is 10.0. The second-order valence-electron chi connectivity index (χ2n) is 4.78. The topological polar surface area (TPSA) is 24.9 Å². The average Bonchev–Trinajstić information content (AvgIpc) is 3.02. The molecule has 2 aliphatic rings. The summed E-state index contributed by atoms with van der Waals surface area (Å²) < 4.78 is 0. The molecule has 0 bridgehead atoms. The molecule has 1 aromatic rings. The minimum absolute atomic E-state index is 0.692.